The van der Waals surface area contributed by atoms with Gasteiger partial charge in [0.15, 0.2) is 12.2 Å². The minimum atomic E-state index is -4.97. The first-order valence-electron chi connectivity index (χ1n) is 48.4. The van der Waals surface area contributed by atoms with Crippen molar-refractivity contribution in [2.24, 2.45) is 17.8 Å². The van der Waals surface area contributed by atoms with Gasteiger partial charge in [0.2, 0.25) is 0 Å². The van der Waals surface area contributed by atoms with E-state index in [-0.39, 0.29) is 25.7 Å². The third-order valence-electron chi connectivity index (χ3n) is 22.5. The number of carbonyl (C=O) groups is 4. The van der Waals surface area contributed by atoms with Crippen LogP contribution in [0, 0.1) is 17.8 Å². The zero-order chi connectivity index (χ0) is 82.9. The van der Waals surface area contributed by atoms with Gasteiger partial charge in [0.05, 0.1) is 26.4 Å². The van der Waals surface area contributed by atoms with Crippen LogP contribution >= 0.6 is 15.6 Å². The van der Waals surface area contributed by atoms with Crippen LogP contribution in [-0.4, -0.2) is 96.7 Å². The normalized spacial score (nSPS) is 14.0. The highest BCUT2D eigenvalue weighted by molar-refractivity contribution is 7.47. The largest absolute Gasteiger partial charge is 0.472 e. The fraction of sp³-hybridized carbons (Fsp3) is 0.957. The fourth-order valence-electron chi connectivity index (χ4n) is 14.8. The summed E-state index contributed by atoms with van der Waals surface area (Å²) in [6, 6.07) is 0. The van der Waals surface area contributed by atoms with E-state index in [0.717, 1.165) is 108 Å². The van der Waals surface area contributed by atoms with Crippen molar-refractivity contribution in [1.29, 1.82) is 0 Å². The van der Waals surface area contributed by atoms with Crippen molar-refractivity contribution in [2.75, 3.05) is 39.6 Å². The highest BCUT2D eigenvalue weighted by Crippen LogP contribution is 2.45. The molecule has 113 heavy (non-hydrogen) atoms. The van der Waals surface area contributed by atoms with Crippen molar-refractivity contribution in [3.63, 3.8) is 0 Å². The van der Waals surface area contributed by atoms with Crippen LogP contribution in [0.2, 0.25) is 0 Å². The maximum Gasteiger partial charge on any atom is 0.472 e. The number of ether oxygens (including phenoxy) is 4. The summed E-state index contributed by atoms with van der Waals surface area (Å²) in [4.78, 5) is 73.5. The summed E-state index contributed by atoms with van der Waals surface area (Å²) in [5.74, 6) is 0.287. The first-order valence-corrected chi connectivity index (χ1v) is 51.4. The van der Waals surface area contributed by atoms with E-state index in [1.165, 1.54) is 308 Å². The minimum Gasteiger partial charge on any atom is -0.462 e. The van der Waals surface area contributed by atoms with E-state index in [0.29, 0.717) is 31.6 Å². The number of phosphoric acid groups is 2. The summed E-state index contributed by atoms with van der Waals surface area (Å²) in [6.45, 7) is 12.1. The van der Waals surface area contributed by atoms with Crippen LogP contribution in [0.1, 0.15) is 504 Å². The monoisotopic (exact) mass is 1650 g/mol. The molecule has 0 aliphatic heterocycles. The molecule has 0 aromatic rings. The minimum absolute atomic E-state index is 0.107. The van der Waals surface area contributed by atoms with Crippen LogP contribution < -0.4 is 0 Å². The molecule has 0 aromatic heterocycles. The molecule has 17 nitrogen and oxygen atoms in total. The molecule has 19 heteroatoms. The number of aliphatic hydroxyl groups is 1. The molecule has 6 atom stereocenters. The molecule has 0 saturated heterocycles. The second-order valence-corrected chi connectivity index (χ2v) is 37.9. The lowest BCUT2D eigenvalue weighted by Crippen LogP contribution is -2.30. The highest BCUT2D eigenvalue weighted by Gasteiger charge is 2.31. The van der Waals surface area contributed by atoms with Crippen LogP contribution in [0.4, 0.5) is 0 Å². The number of carbonyl (C=O) groups excluding carboxylic acids is 4. The van der Waals surface area contributed by atoms with Gasteiger partial charge in [0, 0.05) is 25.7 Å². The summed E-state index contributed by atoms with van der Waals surface area (Å²) >= 11 is 0. The van der Waals surface area contributed by atoms with Crippen molar-refractivity contribution < 1.29 is 80.2 Å². The summed E-state index contributed by atoms with van der Waals surface area (Å²) < 4.78 is 69.1. The molecule has 0 aromatic carbocycles. The predicted octanol–water partition coefficient (Wildman–Crippen LogP) is 29.2. The maximum absolute atomic E-state index is 13.2. The SMILES string of the molecule is CCCCCCCCCCCCCCCCCCCCCCCCC(=O)OC[C@H](COP(=O)(O)OC[C@@H](O)COP(=O)(O)OC[C@@H](COC(=O)CCCCCCCCCC(C)C)OC(=O)CCCCCCCCCCCCCCCCCCC(C)C)OC(=O)CCCCCCCCCCCCCCCCCCCCC(C)CC. The van der Waals surface area contributed by atoms with Gasteiger partial charge in [-0.3, -0.25) is 37.3 Å². The number of esters is 4. The zero-order valence-electron chi connectivity index (χ0n) is 74.9. The Balaban J connectivity index is 5.21. The van der Waals surface area contributed by atoms with Gasteiger partial charge >= 0.3 is 39.5 Å². The van der Waals surface area contributed by atoms with Crippen molar-refractivity contribution >= 4 is 39.5 Å². The van der Waals surface area contributed by atoms with E-state index in [1.54, 1.807) is 0 Å². The molecule has 0 amide bonds. The lowest BCUT2D eigenvalue weighted by atomic mass is 9.99. The van der Waals surface area contributed by atoms with E-state index in [1.807, 2.05) is 0 Å². The molecule has 0 radical (unpaired) electrons. The lowest BCUT2D eigenvalue weighted by Gasteiger charge is -2.21. The first-order chi connectivity index (χ1) is 54.8. The molecule has 0 bridgehead atoms. The van der Waals surface area contributed by atoms with Gasteiger partial charge in [0.1, 0.15) is 19.3 Å². The first kappa shape index (κ1) is 111. The molecule has 672 valence electrons. The summed E-state index contributed by atoms with van der Waals surface area (Å²) in [7, 11) is -9.94. The molecule has 0 saturated carbocycles. The summed E-state index contributed by atoms with van der Waals surface area (Å²) in [6.07, 6.45) is 78.1. The number of aliphatic hydroxyl groups excluding tert-OH is 1. The molecule has 0 aliphatic carbocycles. The Bertz CT molecular complexity index is 2170. The Hall–Kier alpha value is -1.94. The van der Waals surface area contributed by atoms with Crippen molar-refractivity contribution in [3.05, 3.63) is 0 Å². The second kappa shape index (κ2) is 83.7. The molecule has 0 rings (SSSR count). The molecular weight excluding hydrogens is 1460 g/mol. The van der Waals surface area contributed by atoms with E-state index in [4.69, 9.17) is 37.0 Å². The molecular formula is C94H184O17P2. The van der Waals surface area contributed by atoms with E-state index in [9.17, 15) is 43.2 Å². The standard InChI is InChI=1S/C94H184O17P2/c1-8-10-11-12-13-14-15-16-17-18-19-20-21-22-26-32-37-42-47-54-61-68-75-91(96)104-81-89(110-93(98)77-70-63-55-48-43-38-33-27-24-23-25-31-36-41-46-53-60-67-74-87(7)9-2)83-108-112(100,101)106-79-88(95)80-107-113(102,103)109-84-90(82-105-92(97)76-69-62-57-50-52-59-66-73-86(5)6)111-94(99)78-71-64-56-49-44-39-34-29-28-30-35-40-45-51-58-65-72-85(3)4/h85-90,95H,8-84H2,1-7H3,(H,100,101)(H,102,103)/t87?,88-,89-,90-/m1/s1. The molecule has 3 N–H and O–H groups in total. The van der Waals surface area contributed by atoms with Crippen LogP contribution in [0.15, 0.2) is 0 Å². The predicted molar refractivity (Wildman–Crippen MR) is 469 cm³/mol. The zero-order valence-corrected chi connectivity index (χ0v) is 76.7. The van der Waals surface area contributed by atoms with Crippen LogP contribution in [0.3, 0.4) is 0 Å². The molecule has 0 spiro atoms. The average molecular weight is 1650 g/mol. The van der Waals surface area contributed by atoms with Crippen molar-refractivity contribution in [1.82, 2.24) is 0 Å². The number of hydrogen-bond acceptors (Lipinski definition) is 15. The molecule has 0 fully saturated rings. The summed E-state index contributed by atoms with van der Waals surface area (Å²) in [5, 5.41) is 10.7. The van der Waals surface area contributed by atoms with Gasteiger partial charge in [-0.05, 0) is 43.4 Å². The fourth-order valence-corrected chi connectivity index (χ4v) is 16.3. The Morgan fingerprint density at radius 2 is 0.451 bits per heavy atom. The van der Waals surface area contributed by atoms with Crippen LogP contribution in [-0.2, 0) is 65.4 Å². The Kier molecular flexibility index (Phi) is 82.3. The Morgan fingerprint density at radius 1 is 0.257 bits per heavy atom. The molecule has 0 heterocycles. The Morgan fingerprint density at radius 3 is 0.673 bits per heavy atom. The van der Waals surface area contributed by atoms with Crippen molar-refractivity contribution in [2.45, 2.75) is 523 Å². The quantitative estimate of drug-likeness (QED) is 0.0222. The maximum atomic E-state index is 13.2. The number of rotatable bonds is 92. The lowest BCUT2D eigenvalue weighted by molar-refractivity contribution is -0.161. The van der Waals surface area contributed by atoms with E-state index in [2.05, 4.69) is 48.5 Å². The van der Waals surface area contributed by atoms with Gasteiger partial charge in [-0.25, -0.2) is 9.13 Å². The van der Waals surface area contributed by atoms with Gasteiger partial charge < -0.3 is 33.8 Å². The number of phosphoric ester groups is 2. The van der Waals surface area contributed by atoms with Gasteiger partial charge in [-0.15, -0.1) is 0 Å². The van der Waals surface area contributed by atoms with E-state index >= 15 is 0 Å². The summed E-state index contributed by atoms with van der Waals surface area (Å²) in [5.41, 5.74) is 0. The van der Waals surface area contributed by atoms with Gasteiger partial charge in [0.25, 0.3) is 0 Å². The topological polar surface area (TPSA) is 237 Å². The smallest absolute Gasteiger partial charge is 0.462 e. The van der Waals surface area contributed by atoms with Crippen LogP contribution in [0.25, 0.3) is 0 Å². The molecule has 0 aliphatic rings. The van der Waals surface area contributed by atoms with Gasteiger partial charge in [-0.2, -0.15) is 0 Å². The molecule has 3 unspecified atom stereocenters. The third-order valence-corrected chi connectivity index (χ3v) is 24.4. The average Bonchev–Trinajstić information content (AvgIpc) is 0.898. The third kappa shape index (κ3) is 86.3. The number of unbranched alkanes of at least 4 members (excludes halogenated alkanes) is 59. The van der Waals surface area contributed by atoms with Crippen LogP contribution in [0.5, 0.6) is 0 Å². The van der Waals surface area contributed by atoms with E-state index < -0.39 is 97.5 Å². The second-order valence-electron chi connectivity index (χ2n) is 35.0. The highest BCUT2D eigenvalue weighted by atomic mass is 31.2. The van der Waals surface area contributed by atoms with Crippen molar-refractivity contribution in [3.8, 4) is 0 Å². The van der Waals surface area contributed by atoms with Gasteiger partial charge in [-0.1, -0.05) is 453 Å². The Labute approximate surface area is 696 Å². The number of hydrogen-bond donors (Lipinski definition) is 3.